The number of carbonyl (C=O) groups is 2. The van der Waals surface area contributed by atoms with Crippen molar-refractivity contribution >= 4 is 43.3 Å². The van der Waals surface area contributed by atoms with Crippen molar-refractivity contribution in [2.45, 2.75) is 30.9 Å². The minimum Gasteiger partial charge on any atom is -0.273 e. The van der Waals surface area contributed by atoms with E-state index in [1.54, 1.807) is 0 Å². The van der Waals surface area contributed by atoms with Crippen LogP contribution in [0.15, 0.2) is 0 Å². The lowest BCUT2D eigenvalue weighted by atomic mass is 9.86. The van der Waals surface area contributed by atoms with Crippen LogP contribution in [-0.4, -0.2) is 29.9 Å². The van der Waals surface area contributed by atoms with E-state index in [4.69, 9.17) is 27.7 Å². The van der Waals surface area contributed by atoms with Gasteiger partial charge in [-0.3, -0.25) is 9.59 Å². The average Bonchev–Trinajstić information content (AvgIpc) is 2.47. The van der Waals surface area contributed by atoms with Gasteiger partial charge in [0.1, 0.15) is 0 Å². The number of nitriles is 1. The second kappa shape index (κ2) is 5.87. The summed E-state index contributed by atoms with van der Waals surface area (Å²) in [5, 5.41) is 7.81. The zero-order valence-corrected chi connectivity index (χ0v) is 11.5. The Morgan fingerprint density at radius 2 is 1.67 bits per heavy atom. The molecule has 6 nitrogen and oxygen atoms in total. The van der Waals surface area contributed by atoms with Gasteiger partial charge in [-0.2, -0.15) is 9.68 Å². The molecule has 100 valence electrons. The standard InChI is InChI=1S/C5H6ClNO2S.C4H4ClNO2/c6-10(8,9)5-1-4(2-5)3-7;5-6-3(7)1-2-4(6)8/h4-5H,1-2H2;1-2H2. The number of rotatable bonds is 1. The molecule has 0 aromatic heterocycles. The van der Waals surface area contributed by atoms with E-state index in [0.29, 0.717) is 17.3 Å². The Hall–Kier alpha value is -0.840. The van der Waals surface area contributed by atoms with Crippen LogP contribution in [0.25, 0.3) is 0 Å². The number of imide groups is 1. The average molecular weight is 313 g/mol. The zero-order valence-electron chi connectivity index (χ0n) is 9.17. The molecule has 9 heteroatoms. The summed E-state index contributed by atoms with van der Waals surface area (Å²) in [6.45, 7) is 0. The molecular formula is C9H10Cl2N2O4S. The maximum absolute atomic E-state index is 10.5. The summed E-state index contributed by atoms with van der Waals surface area (Å²) in [5.41, 5.74) is 0. The lowest BCUT2D eigenvalue weighted by molar-refractivity contribution is -0.132. The van der Waals surface area contributed by atoms with Crippen LogP contribution in [0.3, 0.4) is 0 Å². The third-order valence-electron chi connectivity index (χ3n) is 2.67. The summed E-state index contributed by atoms with van der Waals surface area (Å²) >= 11 is 5.15. The first kappa shape index (κ1) is 15.2. The molecule has 2 fully saturated rings. The first-order chi connectivity index (χ1) is 8.25. The van der Waals surface area contributed by atoms with E-state index in [1.165, 1.54) is 0 Å². The van der Waals surface area contributed by atoms with Gasteiger partial charge in [0.25, 0.3) is 0 Å². The predicted molar refractivity (Wildman–Crippen MR) is 63.8 cm³/mol. The quantitative estimate of drug-likeness (QED) is 0.411. The van der Waals surface area contributed by atoms with Crippen LogP contribution in [0.1, 0.15) is 25.7 Å². The summed E-state index contributed by atoms with van der Waals surface area (Å²) in [6, 6.07) is 1.98. The van der Waals surface area contributed by atoms with Crippen molar-refractivity contribution in [2.24, 2.45) is 5.92 Å². The molecule has 0 N–H and O–H groups in total. The zero-order chi connectivity index (χ0) is 13.9. The number of hydrogen-bond donors (Lipinski definition) is 0. The predicted octanol–water partition coefficient (Wildman–Crippen LogP) is 1.15. The molecule has 2 aliphatic rings. The van der Waals surface area contributed by atoms with Gasteiger partial charge in [-0.15, -0.1) is 0 Å². The normalized spacial score (nSPS) is 27.1. The molecule has 0 spiro atoms. The van der Waals surface area contributed by atoms with Gasteiger partial charge in [-0.1, -0.05) is 0 Å². The van der Waals surface area contributed by atoms with Gasteiger partial charge in [0.05, 0.1) is 11.3 Å². The largest absolute Gasteiger partial charge is 0.273 e. The molecule has 0 aromatic carbocycles. The van der Waals surface area contributed by atoms with Gasteiger partial charge in [-0.05, 0) is 12.8 Å². The van der Waals surface area contributed by atoms with Crippen LogP contribution in [0.4, 0.5) is 0 Å². The first-order valence-corrected chi connectivity index (χ1v) is 7.81. The van der Waals surface area contributed by atoms with Crippen molar-refractivity contribution in [3.05, 3.63) is 0 Å². The van der Waals surface area contributed by atoms with Crippen LogP contribution >= 0.6 is 22.5 Å². The lowest BCUT2D eigenvalue weighted by Crippen LogP contribution is -2.32. The fourth-order valence-electron chi connectivity index (χ4n) is 1.45. The van der Waals surface area contributed by atoms with Gasteiger partial charge in [-0.25, -0.2) is 8.42 Å². The molecule has 0 bridgehead atoms. The Bertz CT molecular complexity index is 477. The van der Waals surface area contributed by atoms with E-state index < -0.39 is 14.3 Å². The first-order valence-electron chi connectivity index (χ1n) is 5.10. The molecule has 0 aromatic rings. The van der Waals surface area contributed by atoms with Gasteiger partial charge >= 0.3 is 0 Å². The lowest BCUT2D eigenvalue weighted by Gasteiger charge is -2.27. The van der Waals surface area contributed by atoms with Crippen LogP contribution in [-0.2, 0) is 18.6 Å². The Kier molecular flexibility index (Phi) is 4.96. The molecule has 1 saturated heterocycles. The van der Waals surface area contributed by atoms with Crippen LogP contribution < -0.4 is 0 Å². The molecule has 1 aliphatic carbocycles. The van der Waals surface area contributed by atoms with Crippen molar-refractivity contribution in [1.82, 2.24) is 4.42 Å². The highest BCUT2D eigenvalue weighted by atomic mass is 35.7. The fraction of sp³-hybridized carbons (Fsp3) is 0.667. The minimum absolute atomic E-state index is 0.0986. The summed E-state index contributed by atoms with van der Waals surface area (Å²) in [5.74, 6) is -0.688. The highest BCUT2D eigenvalue weighted by molar-refractivity contribution is 8.14. The van der Waals surface area contributed by atoms with Gasteiger partial charge in [0, 0.05) is 41.2 Å². The van der Waals surface area contributed by atoms with Gasteiger partial charge < -0.3 is 0 Å². The smallest absolute Gasteiger partial charge is 0.244 e. The Morgan fingerprint density at radius 1 is 1.22 bits per heavy atom. The second-order valence-corrected chi connectivity index (χ2v) is 7.21. The maximum atomic E-state index is 10.5. The van der Waals surface area contributed by atoms with Crippen molar-refractivity contribution in [1.29, 1.82) is 5.26 Å². The topological polar surface area (TPSA) is 95.3 Å². The van der Waals surface area contributed by atoms with Crippen LogP contribution in [0.5, 0.6) is 0 Å². The molecule has 18 heavy (non-hydrogen) atoms. The summed E-state index contributed by atoms with van der Waals surface area (Å²) in [4.78, 5) is 20.7. The number of carbonyl (C=O) groups excluding carboxylic acids is 2. The minimum atomic E-state index is -3.39. The van der Waals surface area contributed by atoms with E-state index in [-0.39, 0.29) is 30.6 Å². The van der Waals surface area contributed by atoms with E-state index in [0.717, 1.165) is 0 Å². The molecule has 2 rings (SSSR count). The molecule has 1 saturated carbocycles. The van der Waals surface area contributed by atoms with E-state index in [9.17, 15) is 18.0 Å². The van der Waals surface area contributed by atoms with Gasteiger partial charge in [0.2, 0.25) is 20.9 Å². The molecule has 0 atom stereocenters. The molecule has 1 aliphatic heterocycles. The molecule has 2 amide bonds. The highest BCUT2D eigenvalue weighted by Crippen LogP contribution is 2.33. The summed E-state index contributed by atoms with van der Waals surface area (Å²) in [7, 11) is 1.63. The number of halogens is 2. The third kappa shape index (κ3) is 3.83. The summed E-state index contributed by atoms with van der Waals surface area (Å²) < 4.78 is 21.7. The molecule has 0 unspecified atom stereocenters. The monoisotopic (exact) mass is 312 g/mol. The number of amides is 2. The molecule has 0 radical (unpaired) electrons. The van der Waals surface area contributed by atoms with Gasteiger partial charge in [0.15, 0.2) is 0 Å². The molecular weight excluding hydrogens is 303 g/mol. The summed E-state index contributed by atoms with van der Waals surface area (Å²) in [6.07, 6.45) is 1.34. The number of hydrogen-bond acceptors (Lipinski definition) is 5. The van der Waals surface area contributed by atoms with E-state index >= 15 is 0 Å². The Morgan fingerprint density at radius 3 is 1.89 bits per heavy atom. The number of nitrogens with zero attached hydrogens (tertiary/aromatic N) is 2. The Labute approximate surface area is 114 Å². The van der Waals surface area contributed by atoms with Crippen molar-refractivity contribution in [2.75, 3.05) is 0 Å². The van der Waals surface area contributed by atoms with Crippen LogP contribution in [0, 0.1) is 17.2 Å². The molecule has 1 heterocycles. The fourth-order valence-corrected chi connectivity index (χ4v) is 2.98. The highest BCUT2D eigenvalue weighted by Gasteiger charge is 2.37. The SMILES string of the molecule is N#CC1CC(S(=O)(=O)Cl)C1.O=C1CCC(=O)N1Cl. The van der Waals surface area contributed by atoms with Crippen molar-refractivity contribution < 1.29 is 18.0 Å². The van der Waals surface area contributed by atoms with E-state index in [1.807, 2.05) is 6.07 Å². The van der Waals surface area contributed by atoms with Crippen molar-refractivity contribution in [3.8, 4) is 6.07 Å². The van der Waals surface area contributed by atoms with Crippen molar-refractivity contribution in [3.63, 3.8) is 0 Å². The third-order valence-corrected chi connectivity index (χ3v) is 4.98. The second-order valence-electron chi connectivity index (χ2n) is 3.96. The Balaban J connectivity index is 0.000000184. The van der Waals surface area contributed by atoms with E-state index in [2.05, 4.69) is 0 Å². The van der Waals surface area contributed by atoms with Crippen LogP contribution in [0.2, 0.25) is 0 Å². The maximum Gasteiger partial charge on any atom is 0.244 e.